The monoisotopic (exact) mass is 251 g/mol. The van der Waals surface area contributed by atoms with Gasteiger partial charge in [0.25, 0.3) is 5.91 Å². The van der Waals surface area contributed by atoms with Crippen LogP contribution in [0.3, 0.4) is 0 Å². The number of anilines is 1. The number of halogens is 1. The number of rotatable bonds is 1. The van der Waals surface area contributed by atoms with Crippen molar-refractivity contribution >= 4 is 17.5 Å². The number of hydrogen-bond donors (Lipinski definition) is 1. The zero-order valence-corrected chi connectivity index (χ0v) is 10.0. The van der Waals surface area contributed by atoms with E-state index in [0.29, 0.717) is 18.8 Å². The lowest BCUT2D eigenvalue weighted by molar-refractivity contribution is -0.133. The molecule has 1 fully saturated rings. The Kier molecular flexibility index (Phi) is 3.18. The summed E-state index contributed by atoms with van der Waals surface area (Å²) in [6.45, 7) is 0.827. The quantitative estimate of drug-likeness (QED) is 0.731. The zero-order chi connectivity index (χ0) is 13.3. The maximum Gasteiger partial charge on any atom is 0.257 e. The van der Waals surface area contributed by atoms with Crippen LogP contribution in [0.1, 0.15) is 10.4 Å². The molecule has 0 saturated carbocycles. The number of likely N-dealkylation sites (N-methyl/N-ethyl adjacent to an activating group) is 1. The first-order valence-electron chi connectivity index (χ1n) is 5.57. The van der Waals surface area contributed by atoms with Gasteiger partial charge in [-0.15, -0.1) is 0 Å². The SMILES string of the molecule is CN1CCN(C(=O)c2cc(N)ccc2F)CC1=O. The molecule has 96 valence electrons. The van der Waals surface area contributed by atoms with Gasteiger partial charge in [-0.05, 0) is 18.2 Å². The number of nitrogen functional groups attached to an aromatic ring is 1. The Labute approximate surface area is 104 Å². The Morgan fingerprint density at radius 3 is 2.78 bits per heavy atom. The van der Waals surface area contributed by atoms with Crippen LogP contribution in [0, 0.1) is 5.82 Å². The van der Waals surface area contributed by atoms with E-state index in [2.05, 4.69) is 0 Å². The molecular weight excluding hydrogens is 237 g/mol. The third kappa shape index (κ3) is 2.27. The van der Waals surface area contributed by atoms with E-state index in [1.54, 1.807) is 11.9 Å². The van der Waals surface area contributed by atoms with Gasteiger partial charge in [-0.25, -0.2) is 4.39 Å². The van der Waals surface area contributed by atoms with Crippen LogP contribution in [0.25, 0.3) is 0 Å². The molecule has 6 heteroatoms. The molecule has 0 aromatic heterocycles. The summed E-state index contributed by atoms with van der Waals surface area (Å²) in [5.41, 5.74) is 5.76. The van der Waals surface area contributed by atoms with Crippen molar-refractivity contribution in [3.05, 3.63) is 29.6 Å². The van der Waals surface area contributed by atoms with Crippen LogP contribution in [-0.2, 0) is 4.79 Å². The molecule has 1 saturated heterocycles. The van der Waals surface area contributed by atoms with Gasteiger partial charge in [0, 0.05) is 25.8 Å². The van der Waals surface area contributed by atoms with E-state index in [9.17, 15) is 14.0 Å². The number of amides is 2. The van der Waals surface area contributed by atoms with E-state index >= 15 is 0 Å². The molecular formula is C12H14FN3O2. The number of benzene rings is 1. The standard InChI is InChI=1S/C12H14FN3O2/c1-15-4-5-16(7-11(15)17)12(18)9-6-8(14)2-3-10(9)13/h2-3,6H,4-5,7,14H2,1H3. The van der Waals surface area contributed by atoms with Crippen LogP contribution >= 0.6 is 0 Å². The van der Waals surface area contributed by atoms with Crippen molar-refractivity contribution < 1.29 is 14.0 Å². The highest BCUT2D eigenvalue weighted by Gasteiger charge is 2.27. The van der Waals surface area contributed by atoms with Gasteiger partial charge in [-0.3, -0.25) is 9.59 Å². The summed E-state index contributed by atoms with van der Waals surface area (Å²) in [5.74, 6) is -1.28. The Bertz CT molecular complexity index is 504. The average molecular weight is 251 g/mol. The van der Waals surface area contributed by atoms with Gasteiger partial charge < -0.3 is 15.5 Å². The molecule has 2 rings (SSSR count). The second-order valence-electron chi connectivity index (χ2n) is 4.28. The van der Waals surface area contributed by atoms with Crippen LogP contribution in [0.2, 0.25) is 0 Å². The largest absolute Gasteiger partial charge is 0.399 e. The average Bonchev–Trinajstić information content (AvgIpc) is 2.35. The summed E-state index contributed by atoms with van der Waals surface area (Å²) in [6.07, 6.45) is 0. The Morgan fingerprint density at radius 1 is 1.39 bits per heavy atom. The number of carbonyl (C=O) groups excluding carboxylic acids is 2. The predicted octanol–water partition coefficient (Wildman–Crippen LogP) is 0.322. The first kappa shape index (κ1) is 12.3. The van der Waals surface area contributed by atoms with Crippen molar-refractivity contribution in [1.82, 2.24) is 9.80 Å². The van der Waals surface area contributed by atoms with Crippen molar-refractivity contribution in [3.63, 3.8) is 0 Å². The van der Waals surface area contributed by atoms with Crippen molar-refractivity contribution in [2.45, 2.75) is 0 Å². The highest BCUT2D eigenvalue weighted by molar-refractivity contribution is 5.97. The van der Waals surface area contributed by atoms with Crippen LogP contribution < -0.4 is 5.73 Å². The van der Waals surface area contributed by atoms with Crippen LogP contribution in [0.4, 0.5) is 10.1 Å². The fourth-order valence-corrected chi connectivity index (χ4v) is 1.81. The maximum atomic E-state index is 13.6. The van der Waals surface area contributed by atoms with Gasteiger partial charge in [-0.1, -0.05) is 0 Å². The molecule has 1 aromatic carbocycles. The normalized spacial score (nSPS) is 16.0. The first-order chi connectivity index (χ1) is 8.49. The van der Waals surface area contributed by atoms with Gasteiger partial charge in [0.1, 0.15) is 12.4 Å². The summed E-state index contributed by atoms with van der Waals surface area (Å²) >= 11 is 0. The van der Waals surface area contributed by atoms with Crippen molar-refractivity contribution in [2.75, 3.05) is 32.4 Å². The fraction of sp³-hybridized carbons (Fsp3) is 0.333. The molecule has 1 aliphatic heterocycles. The number of nitrogens with zero attached hydrogens (tertiary/aromatic N) is 2. The molecule has 0 atom stereocenters. The summed E-state index contributed by atoms with van der Waals surface area (Å²) in [5, 5.41) is 0. The van der Waals surface area contributed by atoms with Crippen molar-refractivity contribution in [1.29, 1.82) is 0 Å². The highest BCUT2D eigenvalue weighted by Crippen LogP contribution is 2.15. The molecule has 0 unspecified atom stereocenters. The van der Waals surface area contributed by atoms with E-state index in [-0.39, 0.29) is 18.0 Å². The van der Waals surface area contributed by atoms with E-state index in [4.69, 9.17) is 5.73 Å². The molecule has 5 nitrogen and oxygen atoms in total. The van der Waals surface area contributed by atoms with Crippen LogP contribution in [-0.4, -0.2) is 48.3 Å². The molecule has 0 bridgehead atoms. The topological polar surface area (TPSA) is 66.6 Å². The summed E-state index contributed by atoms with van der Waals surface area (Å²) < 4.78 is 13.6. The lowest BCUT2D eigenvalue weighted by Crippen LogP contribution is -2.50. The third-order valence-corrected chi connectivity index (χ3v) is 2.97. The minimum absolute atomic E-state index is 0.0242. The lowest BCUT2D eigenvalue weighted by atomic mass is 10.1. The van der Waals surface area contributed by atoms with Crippen LogP contribution in [0.5, 0.6) is 0 Å². The summed E-state index contributed by atoms with van der Waals surface area (Å²) in [6, 6.07) is 3.84. The smallest absolute Gasteiger partial charge is 0.257 e. The summed E-state index contributed by atoms with van der Waals surface area (Å²) in [7, 11) is 1.67. The Balaban J connectivity index is 2.21. The molecule has 1 aliphatic rings. The minimum Gasteiger partial charge on any atom is -0.399 e. The van der Waals surface area contributed by atoms with Gasteiger partial charge >= 0.3 is 0 Å². The van der Waals surface area contributed by atoms with Crippen molar-refractivity contribution in [3.8, 4) is 0 Å². The Hall–Kier alpha value is -2.11. The molecule has 1 aromatic rings. The molecule has 2 N–H and O–H groups in total. The number of nitrogens with two attached hydrogens (primary N) is 1. The fourth-order valence-electron chi connectivity index (χ4n) is 1.81. The zero-order valence-electron chi connectivity index (χ0n) is 10.0. The molecule has 18 heavy (non-hydrogen) atoms. The summed E-state index contributed by atoms with van der Waals surface area (Å²) in [4.78, 5) is 26.5. The van der Waals surface area contributed by atoms with Crippen molar-refractivity contribution in [2.24, 2.45) is 0 Å². The second-order valence-corrected chi connectivity index (χ2v) is 4.28. The number of carbonyl (C=O) groups is 2. The second kappa shape index (κ2) is 4.64. The molecule has 0 aliphatic carbocycles. The van der Waals surface area contributed by atoms with E-state index < -0.39 is 11.7 Å². The van der Waals surface area contributed by atoms with Gasteiger partial charge in [0.15, 0.2) is 0 Å². The van der Waals surface area contributed by atoms with Gasteiger partial charge in [0.05, 0.1) is 5.56 Å². The maximum absolute atomic E-state index is 13.6. The molecule has 0 radical (unpaired) electrons. The highest BCUT2D eigenvalue weighted by atomic mass is 19.1. The van der Waals surface area contributed by atoms with Gasteiger partial charge in [0.2, 0.25) is 5.91 Å². The third-order valence-electron chi connectivity index (χ3n) is 2.97. The first-order valence-corrected chi connectivity index (χ1v) is 5.57. The van der Waals surface area contributed by atoms with Gasteiger partial charge in [-0.2, -0.15) is 0 Å². The lowest BCUT2D eigenvalue weighted by Gasteiger charge is -2.32. The number of piperazine rings is 1. The number of hydrogen-bond acceptors (Lipinski definition) is 3. The molecule has 2 amide bonds. The van der Waals surface area contributed by atoms with E-state index in [1.165, 1.54) is 17.0 Å². The predicted molar refractivity (Wildman–Crippen MR) is 64.4 cm³/mol. The molecule has 1 heterocycles. The van der Waals surface area contributed by atoms with Crippen LogP contribution in [0.15, 0.2) is 18.2 Å². The Morgan fingerprint density at radius 2 is 2.11 bits per heavy atom. The van der Waals surface area contributed by atoms with E-state index in [0.717, 1.165) is 6.07 Å². The van der Waals surface area contributed by atoms with E-state index in [1.807, 2.05) is 0 Å². The minimum atomic E-state index is -0.624. The molecule has 0 spiro atoms.